The van der Waals surface area contributed by atoms with Gasteiger partial charge in [-0.2, -0.15) is 0 Å². The van der Waals surface area contributed by atoms with Gasteiger partial charge in [-0.3, -0.25) is 4.79 Å². The number of hydrogen-bond donors (Lipinski definition) is 1. The molecule has 1 N–H and O–H groups in total. The summed E-state index contributed by atoms with van der Waals surface area (Å²) in [5.41, 5.74) is 2.96. The Morgan fingerprint density at radius 2 is 2.05 bits per heavy atom. The van der Waals surface area contributed by atoms with Gasteiger partial charge in [-0.15, -0.1) is 0 Å². The minimum atomic E-state index is 0.150. The highest BCUT2D eigenvalue weighted by atomic mass is 16.2. The smallest absolute Gasteiger partial charge is 0.253 e. The van der Waals surface area contributed by atoms with E-state index in [1.165, 1.54) is 25.7 Å². The molecule has 0 bridgehead atoms. The number of anilines is 1. The summed E-state index contributed by atoms with van der Waals surface area (Å²) in [6.07, 6.45) is 5.19. The number of rotatable bonds is 5. The molecule has 2 rings (SSSR count). The van der Waals surface area contributed by atoms with Gasteiger partial charge < -0.3 is 10.2 Å². The highest BCUT2D eigenvalue weighted by molar-refractivity contribution is 5.95. The third kappa shape index (κ3) is 3.53. The standard InChI is InChI=1S/C17H26N2O/c1-4-18-15-9-10-16(13(2)11-15)17(20)19(3)12-14-7-5-6-8-14/h9-11,14,18H,4-8,12H2,1-3H3. The highest BCUT2D eigenvalue weighted by Gasteiger charge is 2.21. The molecular weight excluding hydrogens is 248 g/mol. The Hall–Kier alpha value is -1.51. The van der Waals surface area contributed by atoms with E-state index in [-0.39, 0.29) is 5.91 Å². The Labute approximate surface area is 122 Å². The molecule has 0 unspecified atom stereocenters. The van der Waals surface area contributed by atoms with Crippen molar-refractivity contribution < 1.29 is 4.79 Å². The van der Waals surface area contributed by atoms with E-state index in [0.29, 0.717) is 5.92 Å². The molecular formula is C17H26N2O. The molecule has 1 aromatic carbocycles. The zero-order chi connectivity index (χ0) is 14.5. The lowest BCUT2D eigenvalue weighted by Crippen LogP contribution is -2.31. The van der Waals surface area contributed by atoms with Crippen LogP contribution in [0.5, 0.6) is 0 Å². The Kier molecular flexibility index (Phi) is 5.05. The maximum atomic E-state index is 12.5. The number of nitrogens with one attached hydrogen (secondary N) is 1. The minimum absolute atomic E-state index is 0.150. The first kappa shape index (κ1) is 14.9. The number of carbonyl (C=O) groups is 1. The van der Waals surface area contributed by atoms with Crippen LogP contribution in [0.15, 0.2) is 18.2 Å². The van der Waals surface area contributed by atoms with Crippen molar-refractivity contribution in [1.29, 1.82) is 0 Å². The SMILES string of the molecule is CCNc1ccc(C(=O)N(C)CC2CCCC2)c(C)c1. The van der Waals surface area contributed by atoms with E-state index in [1.807, 2.05) is 31.0 Å². The lowest BCUT2D eigenvalue weighted by atomic mass is 10.0. The topological polar surface area (TPSA) is 32.3 Å². The van der Waals surface area contributed by atoms with Crippen molar-refractivity contribution in [2.45, 2.75) is 39.5 Å². The van der Waals surface area contributed by atoms with Gasteiger partial charge in [0.1, 0.15) is 0 Å². The average Bonchev–Trinajstić information content (AvgIpc) is 2.91. The maximum Gasteiger partial charge on any atom is 0.253 e. The van der Waals surface area contributed by atoms with Crippen molar-refractivity contribution in [3.8, 4) is 0 Å². The van der Waals surface area contributed by atoms with Gasteiger partial charge >= 0.3 is 0 Å². The van der Waals surface area contributed by atoms with Crippen LogP contribution in [0.3, 0.4) is 0 Å². The summed E-state index contributed by atoms with van der Waals surface area (Å²) < 4.78 is 0. The highest BCUT2D eigenvalue weighted by Crippen LogP contribution is 2.26. The lowest BCUT2D eigenvalue weighted by Gasteiger charge is -2.22. The fraction of sp³-hybridized carbons (Fsp3) is 0.588. The average molecular weight is 274 g/mol. The lowest BCUT2D eigenvalue weighted by molar-refractivity contribution is 0.0772. The third-order valence-electron chi connectivity index (χ3n) is 4.19. The zero-order valence-corrected chi connectivity index (χ0v) is 12.9. The molecule has 0 radical (unpaired) electrons. The van der Waals surface area contributed by atoms with Crippen molar-refractivity contribution in [3.63, 3.8) is 0 Å². The summed E-state index contributed by atoms with van der Waals surface area (Å²) in [5.74, 6) is 0.850. The second-order valence-electron chi connectivity index (χ2n) is 5.90. The predicted octanol–water partition coefficient (Wildman–Crippen LogP) is 3.69. The first-order valence-electron chi connectivity index (χ1n) is 7.71. The number of hydrogen-bond acceptors (Lipinski definition) is 2. The van der Waals surface area contributed by atoms with E-state index in [2.05, 4.69) is 18.3 Å². The molecule has 1 aromatic rings. The van der Waals surface area contributed by atoms with Crippen LogP contribution in [0.4, 0.5) is 5.69 Å². The van der Waals surface area contributed by atoms with Crippen LogP contribution in [0.25, 0.3) is 0 Å². The number of benzene rings is 1. The monoisotopic (exact) mass is 274 g/mol. The molecule has 1 aliphatic carbocycles. The van der Waals surface area contributed by atoms with Crippen LogP contribution in [-0.2, 0) is 0 Å². The van der Waals surface area contributed by atoms with Gasteiger partial charge in [-0.25, -0.2) is 0 Å². The van der Waals surface area contributed by atoms with E-state index >= 15 is 0 Å². The Morgan fingerprint density at radius 3 is 2.65 bits per heavy atom. The van der Waals surface area contributed by atoms with Gasteiger partial charge in [0.05, 0.1) is 0 Å². The normalized spacial score (nSPS) is 15.3. The zero-order valence-electron chi connectivity index (χ0n) is 12.9. The molecule has 3 heteroatoms. The number of amides is 1. The van der Waals surface area contributed by atoms with Crippen molar-refractivity contribution >= 4 is 11.6 Å². The number of carbonyl (C=O) groups excluding carboxylic acids is 1. The van der Waals surface area contributed by atoms with Gasteiger partial charge in [-0.1, -0.05) is 12.8 Å². The quantitative estimate of drug-likeness (QED) is 0.888. The Balaban J connectivity index is 2.03. The number of nitrogens with zero attached hydrogens (tertiary/aromatic N) is 1. The summed E-state index contributed by atoms with van der Waals surface area (Å²) >= 11 is 0. The maximum absolute atomic E-state index is 12.5. The molecule has 20 heavy (non-hydrogen) atoms. The molecule has 0 heterocycles. The molecule has 1 fully saturated rings. The molecule has 0 atom stereocenters. The van der Waals surface area contributed by atoms with Gasteiger partial charge in [0, 0.05) is 31.4 Å². The van der Waals surface area contributed by atoms with Crippen LogP contribution in [0.2, 0.25) is 0 Å². The Morgan fingerprint density at radius 1 is 1.35 bits per heavy atom. The summed E-state index contributed by atoms with van der Waals surface area (Å²) in [7, 11) is 1.93. The van der Waals surface area contributed by atoms with Gasteiger partial charge in [0.25, 0.3) is 5.91 Å². The van der Waals surface area contributed by atoms with Crippen LogP contribution in [-0.4, -0.2) is 30.9 Å². The van der Waals surface area contributed by atoms with E-state index in [4.69, 9.17) is 0 Å². The Bertz CT molecular complexity index is 464. The van der Waals surface area contributed by atoms with Crippen molar-refractivity contribution in [2.24, 2.45) is 5.92 Å². The van der Waals surface area contributed by atoms with Crippen LogP contribution < -0.4 is 5.32 Å². The fourth-order valence-electron chi connectivity index (χ4n) is 3.09. The van der Waals surface area contributed by atoms with Gasteiger partial charge in [0.15, 0.2) is 0 Å². The summed E-state index contributed by atoms with van der Waals surface area (Å²) in [6.45, 7) is 5.88. The molecule has 3 nitrogen and oxygen atoms in total. The summed E-state index contributed by atoms with van der Waals surface area (Å²) in [6, 6.07) is 5.99. The van der Waals surface area contributed by atoms with E-state index in [9.17, 15) is 4.79 Å². The van der Waals surface area contributed by atoms with Crippen molar-refractivity contribution in [3.05, 3.63) is 29.3 Å². The molecule has 0 saturated heterocycles. The van der Waals surface area contributed by atoms with Crippen molar-refractivity contribution in [2.75, 3.05) is 25.5 Å². The minimum Gasteiger partial charge on any atom is -0.385 e. The molecule has 1 saturated carbocycles. The molecule has 110 valence electrons. The first-order valence-corrected chi connectivity index (χ1v) is 7.71. The van der Waals surface area contributed by atoms with Crippen LogP contribution in [0, 0.1) is 12.8 Å². The van der Waals surface area contributed by atoms with Crippen molar-refractivity contribution in [1.82, 2.24) is 4.90 Å². The predicted molar refractivity (Wildman–Crippen MR) is 84.3 cm³/mol. The molecule has 0 spiro atoms. The molecule has 0 aromatic heterocycles. The molecule has 1 aliphatic rings. The van der Waals surface area contributed by atoms with Crippen LogP contribution in [0.1, 0.15) is 48.5 Å². The third-order valence-corrected chi connectivity index (χ3v) is 4.19. The van der Waals surface area contributed by atoms with E-state index < -0.39 is 0 Å². The van der Waals surface area contributed by atoms with Crippen LogP contribution >= 0.6 is 0 Å². The summed E-state index contributed by atoms with van der Waals surface area (Å²) in [5, 5.41) is 3.28. The second kappa shape index (κ2) is 6.78. The number of aryl methyl sites for hydroxylation is 1. The first-order chi connectivity index (χ1) is 9.61. The van der Waals surface area contributed by atoms with E-state index in [1.54, 1.807) is 0 Å². The largest absolute Gasteiger partial charge is 0.385 e. The van der Waals surface area contributed by atoms with Gasteiger partial charge in [0.2, 0.25) is 0 Å². The fourth-order valence-corrected chi connectivity index (χ4v) is 3.09. The second-order valence-corrected chi connectivity index (χ2v) is 5.90. The summed E-state index contributed by atoms with van der Waals surface area (Å²) in [4.78, 5) is 14.4. The van der Waals surface area contributed by atoms with E-state index in [0.717, 1.165) is 29.9 Å². The molecule has 0 aliphatic heterocycles. The molecule has 1 amide bonds. The van der Waals surface area contributed by atoms with Gasteiger partial charge in [-0.05, 0) is 56.4 Å².